The molecule has 0 spiro atoms. The van der Waals surface area contributed by atoms with Crippen LogP contribution in [0.2, 0.25) is 5.02 Å². The Morgan fingerprint density at radius 3 is 2.72 bits per heavy atom. The van der Waals surface area contributed by atoms with Crippen LogP contribution in [0, 0.1) is 5.82 Å². The molecule has 18 heavy (non-hydrogen) atoms. The summed E-state index contributed by atoms with van der Waals surface area (Å²) in [7, 11) is 0. The Labute approximate surface area is 112 Å². The van der Waals surface area contributed by atoms with Gasteiger partial charge in [-0.15, -0.1) is 0 Å². The summed E-state index contributed by atoms with van der Waals surface area (Å²) < 4.78 is 13.4. The molecule has 1 heterocycles. The van der Waals surface area contributed by atoms with Gasteiger partial charge in [-0.25, -0.2) is 4.39 Å². The standard InChI is InChI=1S/C13H18ClFN2O/c1-2-12(17-5-3-16-4-6-17)10-7-9(15)8-11(14)13(10)18/h7-8,12,16,18H,2-6H2,1H3/t12-/m0/s1. The van der Waals surface area contributed by atoms with E-state index in [9.17, 15) is 9.50 Å². The van der Waals surface area contributed by atoms with Crippen LogP contribution in [0.5, 0.6) is 5.75 Å². The molecular weight excluding hydrogens is 255 g/mol. The van der Waals surface area contributed by atoms with Crippen molar-refractivity contribution in [1.29, 1.82) is 0 Å². The molecule has 0 unspecified atom stereocenters. The normalized spacial score (nSPS) is 18.8. The molecule has 5 heteroatoms. The molecule has 0 aromatic heterocycles. The largest absolute Gasteiger partial charge is 0.506 e. The van der Waals surface area contributed by atoms with Crippen molar-refractivity contribution in [2.24, 2.45) is 0 Å². The van der Waals surface area contributed by atoms with Crippen LogP contribution in [0.15, 0.2) is 12.1 Å². The van der Waals surface area contributed by atoms with Crippen molar-refractivity contribution < 1.29 is 9.50 Å². The molecular formula is C13H18ClFN2O. The van der Waals surface area contributed by atoms with E-state index >= 15 is 0 Å². The van der Waals surface area contributed by atoms with E-state index in [2.05, 4.69) is 10.2 Å². The quantitative estimate of drug-likeness (QED) is 0.888. The third kappa shape index (κ3) is 2.76. The number of hydrogen-bond acceptors (Lipinski definition) is 3. The van der Waals surface area contributed by atoms with E-state index in [4.69, 9.17) is 11.6 Å². The van der Waals surface area contributed by atoms with E-state index in [1.54, 1.807) is 0 Å². The van der Waals surface area contributed by atoms with Gasteiger partial charge in [0.1, 0.15) is 11.6 Å². The average molecular weight is 273 g/mol. The van der Waals surface area contributed by atoms with E-state index in [0.717, 1.165) is 38.7 Å². The third-order valence-corrected chi connectivity index (χ3v) is 3.68. The molecule has 100 valence electrons. The lowest BCUT2D eigenvalue weighted by molar-refractivity contribution is 0.166. The Hall–Kier alpha value is -0.840. The maximum absolute atomic E-state index is 13.4. The third-order valence-electron chi connectivity index (χ3n) is 3.40. The maximum Gasteiger partial charge on any atom is 0.139 e. The van der Waals surface area contributed by atoms with Crippen LogP contribution in [-0.4, -0.2) is 36.2 Å². The first-order valence-corrected chi connectivity index (χ1v) is 6.64. The molecule has 0 radical (unpaired) electrons. The summed E-state index contributed by atoms with van der Waals surface area (Å²) in [4.78, 5) is 2.25. The van der Waals surface area contributed by atoms with Crippen LogP contribution in [0.25, 0.3) is 0 Å². The fourth-order valence-corrected chi connectivity index (χ4v) is 2.72. The minimum atomic E-state index is -0.401. The zero-order valence-corrected chi connectivity index (χ0v) is 11.2. The summed E-state index contributed by atoms with van der Waals surface area (Å²) in [5, 5.41) is 13.4. The molecule has 2 rings (SSSR count). The minimum absolute atomic E-state index is 0.00319. The molecule has 2 N–H and O–H groups in total. The molecule has 0 bridgehead atoms. The summed E-state index contributed by atoms with van der Waals surface area (Å²) >= 11 is 5.84. The Kier molecular flexibility index (Phi) is 4.43. The molecule has 1 aromatic rings. The number of phenols is 1. The van der Waals surface area contributed by atoms with Gasteiger partial charge in [-0.05, 0) is 18.6 Å². The van der Waals surface area contributed by atoms with Crippen LogP contribution in [0.1, 0.15) is 24.9 Å². The lowest BCUT2D eigenvalue weighted by atomic mass is 10.0. The average Bonchev–Trinajstić information content (AvgIpc) is 2.37. The Morgan fingerprint density at radius 1 is 1.44 bits per heavy atom. The number of benzene rings is 1. The molecule has 1 fully saturated rings. The highest BCUT2D eigenvalue weighted by atomic mass is 35.5. The van der Waals surface area contributed by atoms with Gasteiger partial charge in [-0.1, -0.05) is 18.5 Å². The maximum atomic E-state index is 13.4. The number of halogens is 2. The summed E-state index contributed by atoms with van der Waals surface area (Å²) in [5.41, 5.74) is 0.587. The van der Waals surface area contributed by atoms with Gasteiger partial charge in [-0.2, -0.15) is 0 Å². The van der Waals surface area contributed by atoms with Gasteiger partial charge in [0.2, 0.25) is 0 Å². The molecule has 1 aromatic carbocycles. The van der Waals surface area contributed by atoms with Gasteiger partial charge in [0.05, 0.1) is 5.02 Å². The summed E-state index contributed by atoms with van der Waals surface area (Å²) in [6, 6.07) is 2.54. The van der Waals surface area contributed by atoms with Crippen molar-refractivity contribution >= 4 is 11.6 Å². The SMILES string of the molecule is CC[C@@H](c1cc(F)cc(Cl)c1O)N1CCNCC1. The van der Waals surface area contributed by atoms with Gasteiger partial charge >= 0.3 is 0 Å². The summed E-state index contributed by atoms with van der Waals surface area (Å²) in [6.45, 7) is 5.66. The highest BCUT2D eigenvalue weighted by Crippen LogP contribution is 2.36. The number of phenolic OH excluding ortho intramolecular Hbond substituents is 1. The van der Waals surface area contributed by atoms with Gasteiger partial charge < -0.3 is 10.4 Å². The second-order valence-corrected chi connectivity index (χ2v) is 4.94. The second-order valence-electron chi connectivity index (χ2n) is 4.54. The van der Waals surface area contributed by atoms with E-state index in [-0.39, 0.29) is 16.8 Å². The number of piperazine rings is 1. The molecule has 0 aliphatic carbocycles. The van der Waals surface area contributed by atoms with Crippen molar-refractivity contribution in [2.75, 3.05) is 26.2 Å². The van der Waals surface area contributed by atoms with E-state index in [1.165, 1.54) is 6.07 Å². The van der Waals surface area contributed by atoms with Gasteiger partial charge in [0.15, 0.2) is 0 Å². The summed E-state index contributed by atoms with van der Waals surface area (Å²) in [6.07, 6.45) is 0.813. The number of nitrogens with zero attached hydrogens (tertiary/aromatic N) is 1. The van der Waals surface area contributed by atoms with Gasteiger partial charge in [0, 0.05) is 37.8 Å². The van der Waals surface area contributed by atoms with Crippen molar-refractivity contribution in [3.05, 3.63) is 28.5 Å². The van der Waals surface area contributed by atoms with Crippen molar-refractivity contribution in [3.8, 4) is 5.75 Å². The van der Waals surface area contributed by atoms with Crippen molar-refractivity contribution in [2.45, 2.75) is 19.4 Å². The fraction of sp³-hybridized carbons (Fsp3) is 0.538. The number of rotatable bonds is 3. The van der Waals surface area contributed by atoms with Gasteiger partial charge in [-0.3, -0.25) is 4.90 Å². The van der Waals surface area contributed by atoms with Crippen molar-refractivity contribution in [3.63, 3.8) is 0 Å². The molecule has 1 saturated heterocycles. The number of hydrogen-bond donors (Lipinski definition) is 2. The Bertz CT molecular complexity index is 422. The zero-order valence-electron chi connectivity index (χ0n) is 10.4. The van der Waals surface area contributed by atoms with Crippen LogP contribution in [0.3, 0.4) is 0 Å². The highest BCUT2D eigenvalue weighted by molar-refractivity contribution is 6.32. The van der Waals surface area contributed by atoms with Crippen molar-refractivity contribution in [1.82, 2.24) is 10.2 Å². The first-order chi connectivity index (χ1) is 8.63. The lowest BCUT2D eigenvalue weighted by Crippen LogP contribution is -2.45. The molecule has 1 aliphatic heterocycles. The predicted molar refractivity (Wildman–Crippen MR) is 70.5 cm³/mol. The summed E-state index contributed by atoms with van der Waals surface area (Å²) in [5.74, 6) is -0.398. The zero-order chi connectivity index (χ0) is 13.1. The number of nitrogens with one attached hydrogen (secondary N) is 1. The highest BCUT2D eigenvalue weighted by Gasteiger charge is 2.24. The van der Waals surface area contributed by atoms with Crippen LogP contribution < -0.4 is 5.32 Å². The molecule has 1 aliphatic rings. The molecule has 0 saturated carbocycles. The van der Waals surface area contributed by atoms with E-state index < -0.39 is 5.82 Å². The van der Waals surface area contributed by atoms with Crippen LogP contribution in [0.4, 0.5) is 4.39 Å². The fourth-order valence-electron chi connectivity index (χ4n) is 2.51. The topological polar surface area (TPSA) is 35.5 Å². The predicted octanol–water partition coefficient (Wildman–Crippen LogP) is 2.54. The minimum Gasteiger partial charge on any atom is -0.506 e. The monoisotopic (exact) mass is 272 g/mol. The smallest absolute Gasteiger partial charge is 0.139 e. The van der Waals surface area contributed by atoms with Gasteiger partial charge in [0.25, 0.3) is 0 Å². The number of aromatic hydroxyl groups is 1. The first-order valence-electron chi connectivity index (χ1n) is 6.26. The van der Waals surface area contributed by atoms with Crippen LogP contribution in [-0.2, 0) is 0 Å². The first kappa shape index (κ1) is 13.6. The van der Waals surface area contributed by atoms with E-state index in [0.29, 0.717) is 5.56 Å². The van der Waals surface area contributed by atoms with Crippen LogP contribution >= 0.6 is 11.6 Å². The lowest BCUT2D eigenvalue weighted by Gasteiger charge is -2.35. The second kappa shape index (κ2) is 5.87. The molecule has 0 amide bonds. The molecule has 3 nitrogen and oxygen atoms in total. The Balaban J connectivity index is 2.31. The van der Waals surface area contributed by atoms with E-state index in [1.807, 2.05) is 6.92 Å². The Morgan fingerprint density at radius 2 is 2.11 bits per heavy atom. The molecule has 1 atom stereocenters.